The molecule has 1 spiro atoms. The lowest BCUT2D eigenvalue weighted by Gasteiger charge is -2.38. The van der Waals surface area contributed by atoms with Gasteiger partial charge in [0.05, 0.1) is 30.3 Å². The third-order valence-electron chi connectivity index (χ3n) is 5.18. The molecule has 0 bridgehead atoms. The number of ether oxygens (including phenoxy) is 1. The van der Waals surface area contributed by atoms with Gasteiger partial charge in [-0.1, -0.05) is 0 Å². The molecule has 0 radical (unpaired) electrons. The molecule has 2 fully saturated rings. The van der Waals surface area contributed by atoms with Gasteiger partial charge in [0.25, 0.3) is 0 Å². The van der Waals surface area contributed by atoms with Gasteiger partial charge in [0, 0.05) is 37.7 Å². The molecule has 7 heteroatoms. The van der Waals surface area contributed by atoms with Crippen LogP contribution in [0.15, 0.2) is 24.8 Å². The summed E-state index contributed by atoms with van der Waals surface area (Å²) in [6.07, 6.45) is 8.47. The predicted octanol–water partition coefficient (Wildman–Crippen LogP) is 1.74. The first-order valence-electron chi connectivity index (χ1n) is 8.61. The van der Waals surface area contributed by atoms with Crippen LogP contribution >= 0.6 is 0 Å². The van der Waals surface area contributed by atoms with Crippen LogP contribution in [-0.4, -0.2) is 56.2 Å². The summed E-state index contributed by atoms with van der Waals surface area (Å²) in [7, 11) is 0. The summed E-state index contributed by atoms with van der Waals surface area (Å²) < 4.78 is 6.21. The molecule has 0 saturated carbocycles. The highest BCUT2D eigenvalue weighted by Crippen LogP contribution is 2.37. The molecule has 2 aliphatic heterocycles. The van der Waals surface area contributed by atoms with Gasteiger partial charge in [-0.05, 0) is 32.3 Å². The second-order valence-electron chi connectivity index (χ2n) is 6.86. The van der Waals surface area contributed by atoms with Gasteiger partial charge in [-0.2, -0.15) is 0 Å². The fourth-order valence-corrected chi connectivity index (χ4v) is 3.72. The molecule has 2 aromatic rings. The molecule has 0 aromatic carbocycles. The topological polar surface area (TPSA) is 79.0 Å². The molecule has 0 unspecified atom stereocenters. The highest BCUT2D eigenvalue weighted by molar-refractivity contribution is 5.25. The molecule has 2 N–H and O–H groups in total. The quantitative estimate of drug-likeness (QED) is 0.890. The van der Waals surface area contributed by atoms with Crippen LogP contribution in [0.25, 0.3) is 0 Å². The van der Waals surface area contributed by atoms with Gasteiger partial charge in [0.15, 0.2) is 0 Å². The molecular formula is C17H24N6O. The highest BCUT2D eigenvalue weighted by Gasteiger charge is 2.42. The number of rotatable bonds is 4. The Balaban J connectivity index is 1.30. The van der Waals surface area contributed by atoms with E-state index in [1.807, 2.05) is 6.07 Å². The van der Waals surface area contributed by atoms with E-state index in [0.29, 0.717) is 12.0 Å². The number of H-pyrrole nitrogens is 1. The van der Waals surface area contributed by atoms with E-state index in [0.717, 1.165) is 51.2 Å². The van der Waals surface area contributed by atoms with Crippen LogP contribution in [0, 0.1) is 6.92 Å². The van der Waals surface area contributed by atoms with Gasteiger partial charge in [-0.25, -0.2) is 15.0 Å². The summed E-state index contributed by atoms with van der Waals surface area (Å²) in [5.74, 6) is 0.689. The lowest BCUT2D eigenvalue weighted by atomic mass is 9.87. The summed E-state index contributed by atoms with van der Waals surface area (Å²) in [4.78, 5) is 18.5. The summed E-state index contributed by atoms with van der Waals surface area (Å²) in [5.41, 5.74) is 2.34. The first-order valence-corrected chi connectivity index (χ1v) is 8.61. The van der Waals surface area contributed by atoms with E-state index in [-0.39, 0.29) is 5.60 Å². The normalized spacial score (nSPS) is 23.6. The van der Waals surface area contributed by atoms with Gasteiger partial charge in [0.1, 0.15) is 0 Å². The van der Waals surface area contributed by atoms with E-state index in [1.54, 1.807) is 18.7 Å². The van der Waals surface area contributed by atoms with Crippen molar-refractivity contribution in [2.75, 3.05) is 25.0 Å². The SMILES string of the molecule is Cc1[nH]cnc1CN1CCC2(CC1)C[C@H](Nc1ncccn1)CO2. The fourth-order valence-electron chi connectivity index (χ4n) is 3.72. The molecule has 24 heavy (non-hydrogen) atoms. The largest absolute Gasteiger partial charge is 0.373 e. The minimum absolute atomic E-state index is 0.0174. The Morgan fingerprint density at radius 3 is 2.79 bits per heavy atom. The van der Waals surface area contributed by atoms with Crippen LogP contribution < -0.4 is 5.32 Å². The Morgan fingerprint density at radius 2 is 2.08 bits per heavy atom. The number of nitrogens with one attached hydrogen (secondary N) is 2. The molecule has 2 saturated heterocycles. The fraction of sp³-hybridized carbons (Fsp3) is 0.588. The molecule has 1 atom stereocenters. The van der Waals surface area contributed by atoms with Crippen molar-refractivity contribution >= 4 is 5.95 Å². The second kappa shape index (κ2) is 6.49. The van der Waals surface area contributed by atoms with E-state index < -0.39 is 0 Å². The Morgan fingerprint density at radius 1 is 1.29 bits per heavy atom. The zero-order chi connectivity index (χ0) is 16.4. The number of piperidine rings is 1. The van der Waals surface area contributed by atoms with Crippen molar-refractivity contribution in [3.05, 3.63) is 36.2 Å². The molecule has 0 aliphatic carbocycles. The summed E-state index contributed by atoms with van der Waals surface area (Å²) in [6, 6.07) is 2.13. The summed E-state index contributed by atoms with van der Waals surface area (Å²) in [5, 5.41) is 3.39. The van der Waals surface area contributed by atoms with Gasteiger partial charge >= 0.3 is 0 Å². The average Bonchev–Trinajstić information content (AvgIpc) is 3.18. The first kappa shape index (κ1) is 15.5. The van der Waals surface area contributed by atoms with E-state index >= 15 is 0 Å². The van der Waals surface area contributed by atoms with Crippen LogP contribution in [0.4, 0.5) is 5.95 Å². The molecular weight excluding hydrogens is 304 g/mol. The summed E-state index contributed by atoms with van der Waals surface area (Å²) >= 11 is 0. The third-order valence-corrected chi connectivity index (χ3v) is 5.18. The number of hydrogen-bond donors (Lipinski definition) is 2. The Labute approximate surface area is 141 Å². The minimum Gasteiger partial charge on any atom is -0.373 e. The number of imidazole rings is 1. The first-order chi connectivity index (χ1) is 11.7. The second-order valence-corrected chi connectivity index (χ2v) is 6.86. The van der Waals surface area contributed by atoms with Crippen molar-refractivity contribution in [3.63, 3.8) is 0 Å². The molecule has 4 heterocycles. The summed E-state index contributed by atoms with van der Waals surface area (Å²) in [6.45, 7) is 5.85. The van der Waals surface area contributed by atoms with Gasteiger partial charge in [0.2, 0.25) is 5.95 Å². The van der Waals surface area contributed by atoms with Crippen molar-refractivity contribution in [2.24, 2.45) is 0 Å². The molecule has 7 nitrogen and oxygen atoms in total. The lowest BCUT2D eigenvalue weighted by Crippen LogP contribution is -2.44. The molecule has 2 aliphatic rings. The van der Waals surface area contributed by atoms with Crippen molar-refractivity contribution in [3.8, 4) is 0 Å². The predicted molar refractivity (Wildman–Crippen MR) is 90.6 cm³/mol. The number of aromatic amines is 1. The minimum atomic E-state index is 0.0174. The zero-order valence-corrected chi connectivity index (χ0v) is 14.0. The number of likely N-dealkylation sites (tertiary alicyclic amines) is 1. The van der Waals surface area contributed by atoms with Crippen molar-refractivity contribution in [1.82, 2.24) is 24.8 Å². The lowest BCUT2D eigenvalue weighted by molar-refractivity contribution is -0.0450. The van der Waals surface area contributed by atoms with Crippen LogP contribution in [0.2, 0.25) is 0 Å². The Kier molecular flexibility index (Phi) is 4.20. The van der Waals surface area contributed by atoms with Gasteiger partial charge < -0.3 is 15.0 Å². The van der Waals surface area contributed by atoms with Crippen LogP contribution in [0.3, 0.4) is 0 Å². The van der Waals surface area contributed by atoms with Gasteiger partial charge in [-0.3, -0.25) is 4.90 Å². The number of anilines is 1. The monoisotopic (exact) mass is 328 g/mol. The van der Waals surface area contributed by atoms with Crippen molar-refractivity contribution < 1.29 is 4.74 Å². The molecule has 4 rings (SSSR count). The maximum atomic E-state index is 6.21. The zero-order valence-electron chi connectivity index (χ0n) is 14.0. The maximum Gasteiger partial charge on any atom is 0.222 e. The van der Waals surface area contributed by atoms with Crippen molar-refractivity contribution in [1.29, 1.82) is 0 Å². The van der Waals surface area contributed by atoms with Gasteiger partial charge in [-0.15, -0.1) is 0 Å². The number of hydrogen-bond acceptors (Lipinski definition) is 6. The number of aryl methyl sites for hydroxylation is 1. The molecule has 2 aromatic heterocycles. The van der Waals surface area contributed by atoms with Crippen LogP contribution in [-0.2, 0) is 11.3 Å². The Hall–Kier alpha value is -1.99. The van der Waals surface area contributed by atoms with E-state index in [9.17, 15) is 0 Å². The molecule has 0 amide bonds. The smallest absolute Gasteiger partial charge is 0.222 e. The van der Waals surface area contributed by atoms with E-state index in [4.69, 9.17) is 4.74 Å². The van der Waals surface area contributed by atoms with E-state index in [1.165, 1.54) is 5.69 Å². The standard InChI is InChI=1S/C17H24N6O/c1-13-15(21-12-20-13)10-23-7-3-17(4-8-23)9-14(11-24-17)22-16-18-5-2-6-19-16/h2,5-6,12,14H,3-4,7-11H2,1H3,(H,20,21)(H,18,19,22)/t14-/m0/s1. The van der Waals surface area contributed by atoms with Crippen LogP contribution in [0.1, 0.15) is 30.7 Å². The number of aromatic nitrogens is 4. The third kappa shape index (κ3) is 3.27. The van der Waals surface area contributed by atoms with E-state index in [2.05, 4.69) is 37.1 Å². The maximum absolute atomic E-state index is 6.21. The average molecular weight is 328 g/mol. The highest BCUT2D eigenvalue weighted by atomic mass is 16.5. The number of nitrogens with zero attached hydrogens (tertiary/aromatic N) is 4. The molecule has 128 valence electrons. The van der Waals surface area contributed by atoms with Crippen molar-refractivity contribution in [2.45, 2.75) is 44.4 Å². The van der Waals surface area contributed by atoms with Crippen LogP contribution in [0.5, 0.6) is 0 Å². The Bertz CT molecular complexity index is 665.